The van der Waals surface area contributed by atoms with Gasteiger partial charge in [0.05, 0.1) is 10.3 Å². The molecule has 0 saturated heterocycles. The third kappa shape index (κ3) is 3.02. The monoisotopic (exact) mass is 440 g/mol. The number of carbonyl (C=O) groups excluding carboxylic acids is 1. The van der Waals surface area contributed by atoms with E-state index in [1.54, 1.807) is 25.1 Å². The van der Waals surface area contributed by atoms with E-state index < -0.39 is 10.0 Å². The van der Waals surface area contributed by atoms with Crippen molar-refractivity contribution in [2.45, 2.75) is 54.7 Å². The standard InChI is InChI=1S/C19H25BrN2O3S/c1-12-3-4-15(6-16(12)26(24,25)21-2)22-17(23)18-7-13-5-14(8-18)10-19(20,9-13)11-18/h3-4,6,13-14,21H,5,7-11H2,1-2H3,(H,22,23). The molecule has 2 N–H and O–H groups in total. The topological polar surface area (TPSA) is 75.3 Å². The van der Waals surface area contributed by atoms with Crippen LogP contribution in [0.3, 0.4) is 0 Å². The van der Waals surface area contributed by atoms with E-state index >= 15 is 0 Å². The van der Waals surface area contributed by atoms with Crippen molar-refractivity contribution < 1.29 is 13.2 Å². The minimum Gasteiger partial charge on any atom is -0.326 e. The molecule has 0 aliphatic heterocycles. The minimum atomic E-state index is -3.55. The SMILES string of the molecule is CNS(=O)(=O)c1cc(NC(=O)C23CC4CC(CC(Br)(C4)C2)C3)ccc1C. The third-order valence-electron chi connectivity index (χ3n) is 6.48. The fraction of sp³-hybridized carbons (Fsp3) is 0.632. The van der Waals surface area contributed by atoms with Gasteiger partial charge in [-0.1, -0.05) is 22.0 Å². The predicted octanol–water partition coefficient (Wildman–Crippen LogP) is 3.58. The molecule has 142 valence electrons. The summed E-state index contributed by atoms with van der Waals surface area (Å²) in [6.45, 7) is 1.75. The Morgan fingerprint density at radius 3 is 2.42 bits per heavy atom. The van der Waals surface area contributed by atoms with Crippen LogP contribution in [0.5, 0.6) is 0 Å². The second kappa shape index (κ2) is 6.04. The number of halogens is 1. The van der Waals surface area contributed by atoms with Crippen LogP contribution in [-0.4, -0.2) is 25.7 Å². The molecule has 26 heavy (non-hydrogen) atoms. The number of amides is 1. The zero-order valence-electron chi connectivity index (χ0n) is 15.1. The van der Waals surface area contributed by atoms with Crippen molar-refractivity contribution in [3.63, 3.8) is 0 Å². The van der Waals surface area contributed by atoms with Crippen molar-refractivity contribution in [3.8, 4) is 0 Å². The van der Waals surface area contributed by atoms with Crippen LogP contribution in [0, 0.1) is 24.2 Å². The lowest BCUT2D eigenvalue weighted by atomic mass is 9.49. The number of anilines is 1. The summed E-state index contributed by atoms with van der Waals surface area (Å²) in [5.41, 5.74) is 0.890. The van der Waals surface area contributed by atoms with Crippen LogP contribution in [0.1, 0.15) is 44.1 Å². The van der Waals surface area contributed by atoms with Gasteiger partial charge >= 0.3 is 0 Å². The summed E-state index contributed by atoms with van der Waals surface area (Å²) >= 11 is 3.94. The molecule has 1 aromatic rings. The van der Waals surface area contributed by atoms with E-state index in [-0.39, 0.29) is 20.5 Å². The average Bonchev–Trinajstić information content (AvgIpc) is 2.54. The second-order valence-corrected chi connectivity index (χ2v) is 12.1. The maximum Gasteiger partial charge on any atom is 0.240 e. The van der Waals surface area contributed by atoms with Crippen LogP contribution >= 0.6 is 15.9 Å². The Kier molecular flexibility index (Phi) is 4.29. The van der Waals surface area contributed by atoms with Crippen LogP contribution in [0.25, 0.3) is 0 Å². The Hall–Kier alpha value is -0.920. The van der Waals surface area contributed by atoms with E-state index in [9.17, 15) is 13.2 Å². The van der Waals surface area contributed by atoms with Crippen LogP contribution in [-0.2, 0) is 14.8 Å². The van der Waals surface area contributed by atoms with Gasteiger partial charge in [0.15, 0.2) is 0 Å². The summed E-state index contributed by atoms with van der Waals surface area (Å²) < 4.78 is 26.8. The molecule has 1 aromatic carbocycles. The van der Waals surface area contributed by atoms with Crippen LogP contribution in [0.4, 0.5) is 5.69 Å². The van der Waals surface area contributed by atoms with E-state index in [2.05, 4.69) is 26.0 Å². The molecular weight excluding hydrogens is 416 g/mol. The second-order valence-electron chi connectivity index (χ2n) is 8.53. The largest absolute Gasteiger partial charge is 0.326 e. The molecule has 2 unspecified atom stereocenters. The van der Waals surface area contributed by atoms with Gasteiger partial charge in [0.2, 0.25) is 15.9 Å². The van der Waals surface area contributed by atoms with Crippen LogP contribution in [0.15, 0.2) is 23.1 Å². The predicted molar refractivity (Wildman–Crippen MR) is 105 cm³/mol. The zero-order valence-corrected chi connectivity index (χ0v) is 17.5. The van der Waals surface area contributed by atoms with Crippen molar-refractivity contribution in [1.29, 1.82) is 0 Å². The molecule has 2 atom stereocenters. The Labute approximate surface area is 163 Å². The van der Waals surface area contributed by atoms with E-state index in [0.717, 1.165) is 19.3 Å². The van der Waals surface area contributed by atoms with Crippen molar-refractivity contribution in [3.05, 3.63) is 23.8 Å². The highest BCUT2D eigenvalue weighted by Gasteiger charge is 2.59. The summed E-state index contributed by atoms with van der Waals surface area (Å²) in [5, 5.41) is 3.03. The molecule has 0 aromatic heterocycles. The van der Waals surface area contributed by atoms with Gasteiger partial charge in [-0.15, -0.1) is 0 Å². The van der Waals surface area contributed by atoms with E-state index in [0.29, 0.717) is 23.1 Å². The number of nitrogens with one attached hydrogen (secondary N) is 2. The van der Waals surface area contributed by atoms with Gasteiger partial charge in [0.1, 0.15) is 0 Å². The molecule has 0 heterocycles. The molecule has 1 amide bonds. The highest BCUT2D eigenvalue weighted by Crippen LogP contribution is 2.64. The Morgan fingerprint density at radius 1 is 1.19 bits per heavy atom. The van der Waals surface area contributed by atoms with Crippen molar-refractivity contribution in [1.82, 2.24) is 4.72 Å². The smallest absolute Gasteiger partial charge is 0.240 e. The molecule has 5 rings (SSSR count). The molecule has 4 aliphatic carbocycles. The molecule has 5 nitrogen and oxygen atoms in total. The summed E-state index contributed by atoms with van der Waals surface area (Å²) in [7, 11) is -2.16. The van der Waals surface area contributed by atoms with E-state index in [4.69, 9.17) is 0 Å². The van der Waals surface area contributed by atoms with Gasteiger partial charge in [-0.2, -0.15) is 0 Å². The first-order chi connectivity index (χ1) is 12.1. The molecule has 0 radical (unpaired) electrons. The normalized spacial score (nSPS) is 35.5. The van der Waals surface area contributed by atoms with Gasteiger partial charge in [0.25, 0.3) is 0 Å². The average molecular weight is 441 g/mol. The van der Waals surface area contributed by atoms with Gasteiger partial charge in [-0.25, -0.2) is 13.1 Å². The summed E-state index contributed by atoms with van der Waals surface area (Å²) in [6, 6.07) is 5.08. The van der Waals surface area contributed by atoms with E-state index in [1.165, 1.54) is 26.3 Å². The highest BCUT2D eigenvalue weighted by atomic mass is 79.9. The zero-order chi connectivity index (χ0) is 18.7. The number of sulfonamides is 1. The molecule has 4 saturated carbocycles. The summed E-state index contributed by atoms with van der Waals surface area (Å²) in [6.07, 6.45) is 6.39. The highest BCUT2D eigenvalue weighted by molar-refractivity contribution is 9.10. The number of carbonyl (C=O) groups is 1. The number of alkyl halides is 1. The number of benzene rings is 1. The first-order valence-electron chi connectivity index (χ1n) is 9.19. The molecule has 0 spiro atoms. The van der Waals surface area contributed by atoms with Crippen LogP contribution in [0.2, 0.25) is 0 Å². The lowest BCUT2D eigenvalue weighted by molar-refractivity contribution is -0.138. The van der Waals surface area contributed by atoms with Crippen molar-refractivity contribution >= 4 is 37.5 Å². The first kappa shape index (κ1) is 18.4. The minimum absolute atomic E-state index is 0.0482. The molecule has 4 bridgehead atoms. The number of hydrogen-bond donors (Lipinski definition) is 2. The summed E-state index contributed by atoms with van der Waals surface area (Å²) in [5.74, 6) is 1.30. The fourth-order valence-electron chi connectivity index (χ4n) is 5.76. The molecule has 4 aliphatic rings. The van der Waals surface area contributed by atoms with Crippen LogP contribution < -0.4 is 10.0 Å². The fourth-order valence-corrected chi connectivity index (χ4v) is 8.20. The van der Waals surface area contributed by atoms with Gasteiger partial charge in [0, 0.05) is 10.0 Å². The Bertz CT molecular complexity index is 854. The molecule has 7 heteroatoms. The number of rotatable bonds is 4. The Balaban J connectivity index is 1.61. The van der Waals surface area contributed by atoms with Gasteiger partial charge < -0.3 is 5.32 Å². The first-order valence-corrected chi connectivity index (χ1v) is 11.5. The lowest BCUT2D eigenvalue weighted by Crippen LogP contribution is -2.57. The third-order valence-corrected chi connectivity index (χ3v) is 8.96. The van der Waals surface area contributed by atoms with E-state index in [1.807, 2.05) is 0 Å². The maximum atomic E-state index is 13.2. The lowest BCUT2D eigenvalue weighted by Gasteiger charge is -2.59. The molecule has 4 fully saturated rings. The maximum absolute atomic E-state index is 13.2. The Morgan fingerprint density at radius 2 is 1.85 bits per heavy atom. The van der Waals surface area contributed by atoms with Crippen molar-refractivity contribution in [2.24, 2.45) is 17.3 Å². The quantitative estimate of drug-likeness (QED) is 0.702. The van der Waals surface area contributed by atoms with Crippen molar-refractivity contribution in [2.75, 3.05) is 12.4 Å². The summed E-state index contributed by atoms with van der Waals surface area (Å²) in [4.78, 5) is 13.4. The molecular formula is C19H25BrN2O3S. The number of hydrogen-bond acceptors (Lipinski definition) is 3. The number of aryl methyl sites for hydroxylation is 1. The van der Waals surface area contributed by atoms with Gasteiger partial charge in [-0.05, 0) is 82.0 Å². The van der Waals surface area contributed by atoms with Gasteiger partial charge in [-0.3, -0.25) is 4.79 Å².